The molecule has 0 saturated heterocycles. The third-order valence-electron chi connectivity index (χ3n) is 3.12. The number of carboxylic acids is 1. The van der Waals surface area contributed by atoms with Crippen molar-refractivity contribution in [2.75, 3.05) is 0 Å². The number of halogens is 2. The third kappa shape index (κ3) is 3.62. The van der Waals surface area contributed by atoms with Crippen LogP contribution in [0.3, 0.4) is 0 Å². The Balaban J connectivity index is 0.00000176. The van der Waals surface area contributed by atoms with Gasteiger partial charge in [-0.3, -0.25) is 0 Å². The van der Waals surface area contributed by atoms with Crippen LogP contribution in [0.2, 0.25) is 5.02 Å². The van der Waals surface area contributed by atoms with Gasteiger partial charge in [-0.25, -0.2) is 4.98 Å². The minimum atomic E-state index is -1.26. The summed E-state index contributed by atoms with van der Waals surface area (Å²) in [4.78, 5) is 16.0. The summed E-state index contributed by atoms with van der Waals surface area (Å²) in [6, 6.07) is 14.1. The molecule has 3 rings (SSSR count). The summed E-state index contributed by atoms with van der Waals surface area (Å²) in [6.45, 7) is 0. The SMILES string of the molecule is O=C([O-])c1cc(-c2ccccc2)nc2c(Br)cc(Cl)cc12.[K+]. The first-order valence-electron chi connectivity index (χ1n) is 6.13. The second-order valence-electron chi connectivity index (χ2n) is 4.49. The molecule has 0 N–H and O–H groups in total. The van der Waals surface area contributed by atoms with Gasteiger partial charge in [0.15, 0.2) is 0 Å². The molecule has 0 amide bonds. The number of carbonyl (C=O) groups excluding carboxylic acids is 1. The van der Waals surface area contributed by atoms with E-state index in [9.17, 15) is 9.90 Å². The van der Waals surface area contributed by atoms with E-state index < -0.39 is 5.97 Å². The number of fused-ring (bicyclic) bond motifs is 1. The predicted octanol–water partition coefficient (Wildman–Crippen LogP) is 0.685. The molecule has 3 aromatic rings. The molecule has 104 valence electrons. The van der Waals surface area contributed by atoms with E-state index in [1.165, 1.54) is 6.07 Å². The van der Waals surface area contributed by atoms with Gasteiger partial charge in [-0.15, -0.1) is 0 Å². The van der Waals surface area contributed by atoms with Crippen molar-refractivity contribution in [3.63, 3.8) is 0 Å². The Labute approximate surface area is 183 Å². The number of hydrogen-bond donors (Lipinski definition) is 0. The van der Waals surface area contributed by atoms with Gasteiger partial charge in [0.05, 0.1) is 17.2 Å². The Kier molecular flexibility index (Phi) is 6.19. The summed E-state index contributed by atoms with van der Waals surface area (Å²) in [5.41, 5.74) is 2.02. The normalized spacial score (nSPS) is 10.3. The fourth-order valence-electron chi connectivity index (χ4n) is 2.18. The van der Waals surface area contributed by atoms with Crippen molar-refractivity contribution in [1.82, 2.24) is 4.98 Å². The molecule has 0 atom stereocenters. The maximum atomic E-state index is 11.4. The molecule has 22 heavy (non-hydrogen) atoms. The summed E-state index contributed by atoms with van der Waals surface area (Å²) in [6.07, 6.45) is 0. The topological polar surface area (TPSA) is 53.0 Å². The second kappa shape index (κ2) is 7.53. The number of aromatic nitrogens is 1. The minimum Gasteiger partial charge on any atom is -0.545 e. The summed E-state index contributed by atoms with van der Waals surface area (Å²) in [7, 11) is 0. The molecule has 1 heterocycles. The van der Waals surface area contributed by atoms with Crippen molar-refractivity contribution >= 4 is 44.4 Å². The fraction of sp³-hybridized carbons (Fsp3) is 0. The van der Waals surface area contributed by atoms with E-state index in [0.717, 1.165) is 5.56 Å². The van der Waals surface area contributed by atoms with Gasteiger partial charge >= 0.3 is 51.4 Å². The maximum Gasteiger partial charge on any atom is 1.00 e. The van der Waals surface area contributed by atoms with E-state index in [1.54, 1.807) is 12.1 Å². The monoisotopic (exact) mass is 399 g/mol. The van der Waals surface area contributed by atoms with Gasteiger partial charge in [0, 0.05) is 26.0 Å². The number of benzene rings is 2. The smallest absolute Gasteiger partial charge is 0.545 e. The van der Waals surface area contributed by atoms with Crippen molar-refractivity contribution in [3.05, 3.63) is 63.6 Å². The van der Waals surface area contributed by atoms with Crippen LogP contribution in [0, 0.1) is 0 Å². The van der Waals surface area contributed by atoms with Gasteiger partial charge in [-0.05, 0) is 34.1 Å². The molecule has 0 aliphatic rings. The molecule has 6 heteroatoms. The summed E-state index contributed by atoms with van der Waals surface area (Å²) in [5, 5.41) is 12.3. The standard InChI is InChI=1S/C16H9BrClNO2.K/c17-13-7-10(18)6-11-12(16(20)21)8-14(19-15(11)13)9-4-2-1-3-5-9;/h1-8H,(H,20,21);/q;+1/p-1. The number of aromatic carboxylic acids is 1. The molecule has 0 saturated carbocycles. The van der Waals surface area contributed by atoms with Crippen LogP contribution in [-0.4, -0.2) is 11.0 Å². The largest absolute Gasteiger partial charge is 1.00 e. The van der Waals surface area contributed by atoms with E-state index in [2.05, 4.69) is 20.9 Å². The van der Waals surface area contributed by atoms with Gasteiger partial charge in [-0.1, -0.05) is 41.9 Å². The fourth-order valence-corrected chi connectivity index (χ4v) is 3.08. The summed E-state index contributed by atoms with van der Waals surface area (Å²) in [5.74, 6) is -1.26. The molecule has 3 nitrogen and oxygen atoms in total. The quantitative estimate of drug-likeness (QED) is 0.595. The zero-order valence-electron chi connectivity index (χ0n) is 11.6. The third-order valence-corrected chi connectivity index (χ3v) is 3.94. The zero-order valence-corrected chi connectivity index (χ0v) is 17.1. The number of carbonyl (C=O) groups is 1. The van der Waals surface area contributed by atoms with Gasteiger partial charge in [0.1, 0.15) is 0 Å². The van der Waals surface area contributed by atoms with E-state index >= 15 is 0 Å². The number of hydrogen-bond acceptors (Lipinski definition) is 3. The first kappa shape index (κ1) is 18.1. The first-order chi connectivity index (χ1) is 10.1. The molecule has 0 bridgehead atoms. The Morgan fingerprint density at radius 2 is 1.82 bits per heavy atom. The molecule has 0 aliphatic heterocycles. The van der Waals surface area contributed by atoms with Crippen molar-refractivity contribution in [2.45, 2.75) is 0 Å². The van der Waals surface area contributed by atoms with Gasteiger partial charge in [-0.2, -0.15) is 0 Å². The second-order valence-corrected chi connectivity index (χ2v) is 5.78. The average Bonchev–Trinajstić information content (AvgIpc) is 2.47. The van der Waals surface area contributed by atoms with Crippen LogP contribution >= 0.6 is 27.5 Å². The van der Waals surface area contributed by atoms with Crippen LogP contribution in [0.1, 0.15) is 10.4 Å². The Hall–Kier alpha value is -0.274. The molecule has 0 unspecified atom stereocenters. The summed E-state index contributed by atoms with van der Waals surface area (Å²) >= 11 is 9.36. The van der Waals surface area contributed by atoms with Gasteiger partial charge < -0.3 is 9.90 Å². The van der Waals surface area contributed by atoms with Gasteiger partial charge in [0.25, 0.3) is 0 Å². The van der Waals surface area contributed by atoms with Crippen molar-refractivity contribution in [2.24, 2.45) is 0 Å². The van der Waals surface area contributed by atoms with Crippen LogP contribution in [0.15, 0.2) is 53.0 Å². The van der Waals surface area contributed by atoms with E-state index in [1.807, 2.05) is 30.3 Å². The van der Waals surface area contributed by atoms with E-state index in [0.29, 0.717) is 26.1 Å². The minimum absolute atomic E-state index is 0. The Morgan fingerprint density at radius 3 is 2.45 bits per heavy atom. The van der Waals surface area contributed by atoms with Gasteiger partial charge in [0.2, 0.25) is 0 Å². The number of carboxylic acid groups (broad SMARTS) is 1. The van der Waals surface area contributed by atoms with Crippen LogP contribution < -0.4 is 56.5 Å². The van der Waals surface area contributed by atoms with Crippen molar-refractivity contribution < 1.29 is 61.3 Å². The molecule has 0 spiro atoms. The number of rotatable bonds is 2. The Bertz CT molecular complexity index is 856. The molecule has 0 fully saturated rings. The molecular weight excluding hydrogens is 393 g/mol. The number of nitrogens with zero attached hydrogens (tertiary/aromatic N) is 1. The van der Waals surface area contributed by atoms with E-state index in [4.69, 9.17) is 11.6 Å². The molecule has 0 aliphatic carbocycles. The Morgan fingerprint density at radius 1 is 1.14 bits per heavy atom. The van der Waals surface area contributed by atoms with Crippen molar-refractivity contribution in [3.8, 4) is 11.3 Å². The average molecular weight is 401 g/mol. The van der Waals surface area contributed by atoms with Crippen LogP contribution in [-0.2, 0) is 0 Å². The zero-order chi connectivity index (χ0) is 15.0. The van der Waals surface area contributed by atoms with E-state index in [-0.39, 0.29) is 56.9 Å². The molecule has 1 aromatic heterocycles. The van der Waals surface area contributed by atoms with Crippen LogP contribution in [0.4, 0.5) is 0 Å². The molecule has 0 radical (unpaired) electrons. The molecule has 2 aromatic carbocycles. The van der Waals surface area contributed by atoms with Crippen LogP contribution in [0.5, 0.6) is 0 Å². The first-order valence-corrected chi connectivity index (χ1v) is 7.30. The van der Waals surface area contributed by atoms with Crippen LogP contribution in [0.25, 0.3) is 22.2 Å². The van der Waals surface area contributed by atoms with Crippen molar-refractivity contribution in [1.29, 1.82) is 0 Å². The summed E-state index contributed by atoms with van der Waals surface area (Å²) < 4.78 is 0.644. The maximum absolute atomic E-state index is 11.4. The predicted molar refractivity (Wildman–Crippen MR) is 84.2 cm³/mol. The number of pyridine rings is 1. The molecular formula is C16H8BrClKNO2.